The summed E-state index contributed by atoms with van der Waals surface area (Å²) >= 11 is 0. The van der Waals surface area contributed by atoms with Crippen LogP contribution in [0.3, 0.4) is 0 Å². The van der Waals surface area contributed by atoms with E-state index < -0.39 is 0 Å². The Bertz CT molecular complexity index is 400. The molecule has 2 aliphatic carbocycles. The highest BCUT2D eigenvalue weighted by Crippen LogP contribution is 2.31. The van der Waals surface area contributed by atoms with Gasteiger partial charge in [-0.05, 0) is 44.4 Å². The lowest BCUT2D eigenvalue weighted by molar-refractivity contribution is -0.145. The van der Waals surface area contributed by atoms with Gasteiger partial charge in [0.05, 0.1) is 0 Å². The van der Waals surface area contributed by atoms with Gasteiger partial charge in [0.25, 0.3) is 0 Å². The Morgan fingerprint density at radius 3 is 2.33 bits per heavy atom. The zero-order valence-corrected chi connectivity index (χ0v) is 13.2. The lowest BCUT2D eigenvalue weighted by Gasteiger charge is -2.34. The summed E-state index contributed by atoms with van der Waals surface area (Å²) < 4.78 is 0. The molecule has 3 fully saturated rings. The van der Waals surface area contributed by atoms with Gasteiger partial charge >= 0.3 is 0 Å². The van der Waals surface area contributed by atoms with Gasteiger partial charge in [0.1, 0.15) is 6.04 Å². The van der Waals surface area contributed by atoms with E-state index in [1.807, 2.05) is 16.8 Å². The first kappa shape index (κ1) is 14.9. The average molecular weight is 292 g/mol. The molecular weight excluding hydrogens is 264 g/mol. The van der Waals surface area contributed by atoms with Crippen LogP contribution in [-0.2, 0) is 9.59 Å². The summed E-state index contributed by atoms with van der Waals surface area (Å²) in [4.78, 5) is 29.1. The second-order valence-corrected chi connectivity index (χ2v) is 7.19. The highest BCUT2D eigenvalue weighted by atomic mass is 16.2. The van der Waals surface area contributed by atoms with Gasteiger partial charge in [0.15, 0.2) is 0 Å². The van der Waals surface area contributed by atoms with E-state index >= 15 is 0 Å². The molecule has 0 aromatic carbocycles. The van der Waals surface area contributed by atoms with E-state index in [1.54, 1.807) is 0 Å². The van der Waals surface area contributed by atoms with Crippen molar-refractivity contribution in [3.63, 3.8) is 0 Å². The van der Waals surface area contributed by atoms with Crippen molar-refractivity contribution in [3.8, 4) is 0 Å². The number of nitrogens with zero attached hydrogens (tertiary/aromatic N) is 2. The third-order valence-corrected chi connectivity index (χ3v) is 5.66. The molecule has 3 aliphatic rings. The van der Waals surface area contributed by atoms with E-state index in [0.717, 1.165) is 38.8 Å². The molecule has 21 heavy (non-hydrogen) atoms. The summed E-state index contributed by atoms with van der Waals surface area (Å²) in [5, 5.41) is 0. The van der Waals surface area contributed by atoms with Gasteiger partial charge in [-0.25, -0.2) is 0 Å². The molecule has 2 saturated carbocycles. The fourth-order valence-corrected chi connectivity index (χ4v) is 4.10. The molecule has 0 N–H and O–H groups in total. The van der Waals surface area contributed by atoms with E-state index in [4.69, 9.17) is 0 Å². The van der Waals surface area contributed by atoms with E-state index in [9.17, 15) is 9.59 Å². The molecule has 1 heterocycles. The quantitative estimate of drug-likeness (QED) is 0.798. The summed E-state index contributed by atoms with van der Waals surface area (Å²) in [5.41, 5.74) is 0. The molecule has 3 rings (SSSR count). The van der Waals surface area contributed by atoms with Crippen molar-refractivity contribution in [1.29, 1.82) is 0 Å². The number of hydrogen-bond donors (Lipinski definition) is 0. The number of likely N-dealkylation sites (tertiary alicyclic amines) is 1. The van der Waals surface area contributed by atoms with Crippen LogP contribution < -0.4 is 0 Å². The Kier molecular flexibility index (Phi) is 4.51. The molecule has 0 unspecified atom stereocenters. The molecule has 2 amide bonds. The fraction of sp³-hybridized carbons (Fsp3) is 0.882. The van der Waals surface area contributed by atoms with Crippen LogP contribution in [0.25, 0.3) is 0 Å². The van der Waals surface area contributed by atoms with Crippen molar-refractivity contribution in [2.45, 2.75) is 63.8 Å². The van der Waals surface area contributed by atoms with Crippen molar-refractivity contribution in [2.24, 2.45) is 11.8 Å². The summed E-state index contributed by atoms with van der Waals surface area (Å²) in [7, 11) is 1.91. The normalized spacial score (nSPS) is 26.9. The Morgan fingerprint density at radius 1 is 1.00 bits per heavy atom. The van der Waals surface area contributed by atoms with E-state index in [0.29, 0.717) is 5.92 Å². The van der Waals surface area contributed by atoms with E-state index in [2.05, 4.69) is 0 Å². The van der Waals surface area contributed by atoms with Gasteiger partial charge in [0.2, 0.25) is 11.8 Å². The summed E-state index contributed by atoms with van der Waals surface area (Å²) in [5.74, 6) is 1.31. The van der Waals surface area contributed by atoms with Crippen LogP contribution in [0.2, 0.25) is 0 Å². The number of carbonyl (C=O) groups excluding carboxylic acids is 2. The topological polar surface area (TPSA) is 40.6 Å². The molecular formula is C17H28N2O2. The van der Waals surface area contributed by atoms with E-state index in [1.165, 1.54) is 32.1 Å². The highest BCUT2D eigenvalue weighted by Gasteiger charge is 2.39. The predicted molar refractivity (Wildman–Crippen MR) is 81.7 cm³/mol. The lowest BCUT2D eigenvalue weighted by Crippen LogP contribution is -2.49. The molecule has 0 spiro atoms. The Hall–Kier alpha value is -1.06. The number of likely N-dealkylation sites (N-methyl/N-ethyl adjacent to an activating group) is 1. The van der Waals surface area contributed by atoms with Gasteiger partial charge in [-0.2, -0.15) is 0 Å². The molecule has 118 valence electrons. The van der Waals surface area contributed by atoms with Crippen LogP contribution in [0, 0.1) is 11.8 Å². The largest absolute Gasteiger partial charge is 0.344 e. The molecule has 1 atom stereocenters. The predicted octanol–water partition coefficient (Wildman–Crippen LogP) is 2.43. The molecule has 0 aromatic rings. The smallest absolute Gasteiger partial charge is 0.245 e. The first-order chi connectivity index (χ1) is 10.2. The minimum Gasteiger partial charge on any atom is -0.344 e. The molecule has 4 nitrogen and oxygen atoms in total. The number of rotatable bonds is 4. The molecule has 4 heteroatoms. The van der Waals surface area contributed by atoms with Crippen LogP contribution in [0.1, 0.15) is 57.8 Å². The zero-order valence-electron chi connectivity index (χ0n) is 13.2. The van der Waals surface area contributed by atoms with Gasteiger partial charge in [-0.3, -0.25) is 9.59 Å². The first-order valence-electron chi connectivity index (χ1n) is 8.72. The molecule has 0 bridgehead atoms. The summed E-state index contributed by atoms with van der Waals surface area (Å²) in [6.45, 7) is 1.66. The lowest BCUT2D eigenvalue weighted by atomic mass is 9.85. The molecule has 0 radical (unpaired) electrons. The van der Waals surface area contributed by atoms with Gasteiger partial charge < -0.3 is 9.80 Å². The highest BCUT2D eigenvalue weighted by molar-refractivity contribution is 5.89. The van der Waals surface area contributed by atoms with Crippen molar-refractivity contribution in [3.05, 3.63) is 0 Å². The maximum Gasteiger partial charge on any atom is 0.245 e. The maximum absolute atomic E-state index is 12.7. The third kappa shape index (κ3) is 3.09. The minimum absolute atomic E-state index is 0.172. The molecule has 1 saturated heterocycles. The second kappa shape index (κ2) is 6.37. The number of carbonyl (C=O) groups is 2. The van der Waals surface area contributed by atoms with Crippen molar-refractivity contribution < 1.29 is 9.59 Å². The zero-order chi connectivity index (χ0) is 14.8. The van der Waals surface area contributed by atoms with Crippen molar-refractivity contribution >= 4 is 11.8 Å². The van der Waals surface area contributed by atoms with Crippen LogP contribution >= 0.6 is 0 Å². The number of amides is 2. The second-order valence-electron chi connectivity index (χ2n) is 7.19. The summed E-state index contributed by atoms with van der Waals surface area (Å²) in [6, 6.07) is -0.178. The van der Waals surface area contributed by atoms with Crippen molar-refractivity contribution in [1.82, 2.24) is 9.80 Å². The monoisotopic (exact) mass is 292 g/mol. The molecule has 0 aromatic heterocycles. The van der Waals surface area contributed by atoms with Crippen LogP contribution in [0.5, 0.6) is 0 Å². The van der Waals surface area contributed by atoms with E-state index in [-0.39, 0.29) is 23.8 Å². The Labute approximate surface area is 127 Å². The van der Waals surface area contributed by atoms with Crippen LogP contribution in [0.15, 0.2) is 0 Å². The van der Waals surface area contributed by atoms with Crippen LogP contribution in [0.4, 0.5) is 0 Å². The van der Waals surface area contributed by atoms with Crippen molar-refractivity contribution in [2.75, 3.05) is 20.1 Å². The third-order valence-electron chi connectivity index (χ3n) is 5.66. The standard InChI is InChI=1S/C17H28N2O2/c1-18(12-13-6-4-7-13)17(21)15-10-5-11-19(15)16(20)14-8-2-3-9-14/h13-15H,2-12H2,1H3/t15-/m1/s1. The Balaban J connectivity index is 1.59. The minimum atomic E-state index is -0.178. The maximum atomic E-state index is 12.7. The average Bonchev–Trinajstić information content (AvgIpc) is 3.11. The van der Waals surface area contributed by atoms with Gasteiger partial charge in [0, 0.05) is 26.1 Å². The van der Waals surface area contributed by atoms with Crippen LogP contribution in [-0.4, -0.2) is 47.8 Å². The number of hydrogen-bond acceptors (Lipinski definition) is 2. The first-order valence-corrected chi connectivity index (χ1v) is 8.72. The fourth-order valence-electron chi connectivity index (χ4n) is 4.10. The SMILES string of the molecule is CN(CC1CCC1)C(=O)[C@H]1CCCN1C(=O)C1CCCC1. The van der Waals surface area contributed by atoms with Gasteiger partial charge in [-0.15, -0.1) is 0 Å². The summed E-state index contributed by atoms with van der Waals surface area (Å²) in [6.07, 6.45) is 10.0. The molecule has 1 aliphatic heterocycles. The Morgan fingerprint density at radius 2 is 1.71 bits per heavy atom. The van der Waals surface area contributed by atoms with Gasteiger partial charge in [-0.1, -0.05) is 19.3 Å².